The minimum absolute atomic E-state index is 0.263. The predicted molar refractivity (Wildman–Crippen MR) is 99.8 cm³/mol. The number of carbonyl (C=O) groups is 2. The Morgan fingerprint density at radius 1 is 1.08 bits per heavy atom. The molecule has 6 heteroatoms. The maximum Gasteiger partial charge on any atom is 0.338 e. The molecule has 1 aromatic heterocycles. The molecule has 0 radical (unpaired) electrons. The molecule has 3 aromatic rings. The average molecular weight is 352 g/mol. The van der Waals surface area contributed by atoms with Gasteiger partial charge in [0.05, 0.1) is 19.3 Å². The van der Waals surface area contributed by atoms with Gasteiger partial charge in [-0.25, -0.2) is 4.79 Å². The van der Waals surface area contributed by atoms with Gasteiger partial charge in [0.25, 0.3) is 5.91 Å². The van der Waals surface area contributed by atoms with Crippen molar-refractivity contribution in [2.24, 2.45) is 0 Å². The molecule has 6 nitrogen and oxygen atoms in total. The van der Waals surface area contributed by atoms with Gasteiger partial charge in [0, 0.05) is 22.7 Å². The molecule has 0 aliphatic rings. The predicted octanol–water partition coefficient (Wildman–Crippen LogP) is 4.00. The number of hydrogen-bond donors (Lipinski definition) is 2. The van der Waals surface area contributed by atoms with Crippen LogP contribution in [0.15, 0.2) is 48.5 Å². The van der Waals surface area contributed by atoms with Crippen LogP contribution in [0, 0.1) is 0 Å². The molecule has 0 unspecified atom stereocenters. The number of nitrogens with one attached hydrogen (secondary N) is 2. The smallest absolute Gasteiger partial charge is 0.338 e. The molecule has 3 rings (SSSR count). The third-order valence-corrected chi connectivity index (χ3v) is 3.89. The second-order valence-corrected chi connectivity index (χ2v) is 5.80. The van der Waals surface area contributed by atoms with E-state index in [1.165, 1.54) is 0 Å². The maximum atomic E-state index is 12.4. The Balaban J connectivity index is 1.70. The largest absolute Gasteiger partial charge is 0.497 e. The zero-order valence-corrected chi connectivity index (χ0v) is 14.7. The molecule has 1 heterocycles. The molecule has 2 N–H and O–H groups in total. The highest BCUT2D eigenvalue weighted by atomic mass is 16.5. The van der Waals surface area contributed by atoms with Crippen LogP contribution in [0.3, 0.4) is 0 Å². The highest BCUT2D eigenvalue weighted by molar-refractivity contribution is 6.06. The third-order valence-electron chi connectivity index (χ3n) is 3.89. The number of methoxy groups -OCH3 is 1. The quantitative estimate of drug-likeness (QED) is 0.657. The summed E-state index contributed by atoms with van der Waals surface area (Å²) < 4.78 is 10.3. The number of esters is 1. The Bertz CT molecular complexity index is 929. The van der Waals surface area contributed by atoms with E-state index in [1.54, 1.807) is 37.4 Å². The van der Waals surface area contributed by atoms with Crippen LogP contribution in [-0.2, 0) is 4.74 Å². The van der Waals surface area contributed by atoms with Crippen molar-refractivity contribution in [3.63, 3.8) is 0 Å². The van der Waals surface area contributed by atoms with Crippen LogP contribution in [0.5, 0.6) is 5.75 Å². The summed E-state index contributed by atoms with van der Waals surface area (Å²) in [6.45, 7) is 2.33. The maximum absolute atomic E-state index is 12.4. The Hall–Kier alpha value is -3.28. The summed E-state index contributed by atoms with van der Waals surface area (Å²) in [5, 5.41) is 3.72. The Kier molecular flexibility index (Phi) is 5.22. The van der Waals surface area contributed by atoms with Gasteiger partial charge in [-0.1, -0.05) is 6.92 Å². The fourth-order valence-electron chi connectivity index (χ4n) is 2.52. The summed E-state index contributed by atoms with van der Waals surface area (Å²) in [4.78, 5) is 27.3. The number of anilines is 1. The van der Waals surface area contributed by atoms with E-state index < -0.39 is 0 Å². The van der Waals surface area contributed by atoms with E-state index in [9.17, 15) is 9.59 Å². The number of benzene rings is 2. The third kappa shape index (κ3) is 3.85. The molecule has 0 bridgehead atoms. The van der Waals surface area contributed by atoms with Crippen LogP contribution in [0.2, 0.25) is 0 Å². The van der Waals surface area contributed by atoms with Gasteiger partial charge < -0.3 is 19.8 Å². The molecule has 26 heavy (non-hydrogen) atoms. The van der Waals surface area contributed by atoms with Crippen molar-refractivity contribution in [3.8, 4) is 5.75 Å². The minimum Gasteiger partial charge on any atom is -0.497 e. The number of rotatable bonds is 6. The topological polar surface area (TPSA) is 80.4 Å². The summed E-state index contributed by atoms with van der Waals surface area (Å²) in [7, 11) is 1.60. The molecule has 0 atom stereocenters. The fourth-order valence-corrected chi connectivity index (χ4v) is 2.52. The van der Waals surface area contributed by atoms with Crippen LogP contribution < -0.4 is 10.1 Å². The van der Waals surface area contributed by atoms with Gasteiger partial charge in [-0.2, -0.15) is 0 Å². The zero-order valence-electron chi connectivity index (χ0n) is 14.7. The van der Waals surface area contributed by atoms with Crippen LogP contribution in [0.4, 0.5) is 5.69 Å². The molecule has 0 fully saturated rings. The van der Waals surface area contributed by atoms with Crippen molar-refractivity contribution < 1.29 is 19.1 Å². The molecule has 0 spiro atoms. The fraction of sp³-hybridized carbons (Fsp3) is 0.200. The van der Waals surface area contributed by atoms with Gasteiger partial charge in [-0.15, -0.1) is 0 Å². The Morgan fingerprint density at radius 2 is 1.85 bits per heavy atom. The summed E-state index contributed by atoms with van der Waals surface area (Å²) in [5.41, 5.74) is 2.32. The van der Waals surface area contributed by atoms with E-state index >= 15 is 0 Å². The number of H-pyrrole nitrogens is 1. The molecule has 0 aliphatic heterocycles. The summed E-state index contributed by atoms with van der Waals surface area (Å²) >= 11 is 0. The molecule has 1 amide bonds. The molecule has 134 valence electrons. The first-order valence-electron chi connectivity index (χ1n) is 8.36. The van der Waals surface area contributed by atoms with Gasteiger partial charge in [0.1, 0.15) is 11.4 Å². The lowest BCUT2D eigenvalue weighted by atomic mass is 10.2. The number of hydrogen-bond acceptors (Lipinski definition) is 4. The first-order valence-corrected chi connectivity index (χ1v) is 8.36. The van der Waals surface area contributed by atoms with Crippen molar-refractivity contribution >= 4 is 28.5 Å². The van der Waals surface area contributed by atoms with Crippen molar-refractivity contribution in [2.75, 3.05) is 19.0 Å². The number of ether oxygens (including phenoxy) is 2. The first-order chi connectivity index (χ1) is 12.6. The monoisotopic (exact) mass is 352 g/mol. The van der Waals surface area contributed by atoms with E-state index in [1.807, 2.05) is 25.1 Å². The number of aromatic amines is 1. The Morgan fingerprint density at radius 3 is 2.54 bits per heavy atom. The number of amides is 1. The van der Waals surface area contributed by atoms with E-state index in [0.29, 0.717) is 23.6 Å². The van der Waals surface area contributed by atoms with Gasteiger partial charge in [-0.3, -0.25) is 4.79 Å². The molecule has 0 saturated heterocycles. The van der Waals surface area contributed by atoms with E-state index in [0.717, 1.165) is 23.1 Å². The average Bonchev–Trinajstić information content (AvgIpc) is 3.10. The van der Waals surface area contributed by atoms with Gasteiger partial charge in [0.15, 0.2) is 0 Å². The number of fused-ring (bicyclic) bond motifs is 1. The second-order valence-electron chi connectivity index (χ2n) is 5.80. The second kappa shape index (κ2) is 7.74. The summed E-state index contributed by atoms with van der Waals surface area (Å²) in [6, 6.07) is 13.9. The number of carbonyl (C=O) groups excluding carboxylic acids is 2. The van der Waals surface area contributed by atoms with E-state index in [2.05, 4.69) is 10.3 Å². The lowest BCUT2D eigenvalue weighted by molar-refractivity contribution is 0.0505. The van der Waals surface area contributed by atoms with Crippen LogP contribution in [0.25, 0.3) is 10.9 Å². The standard InChI is InChI=1S/C20H20N2O4/c1-3-10-26-20(24)13-4-7-15(8-5-13)21-19(23)18-11-14-6-9-16(25-2)12-17(14)22-18/h4-9,11-12,22H,3,10H2,1-2H3,(H,21,23). The van der Waals surface area contributed by atoms with Crippen molar-refractivity contribution in [3.05, 3.63) is 59.8 Å². The van der Waals surface area contributed by atoms with E-state index in [-0.39, 0.29) is 11.9 Å². The summed E-state index contributed by atoms with van der Waals surface area (Å²) in [5.74, 6) is 0.0904. The van der Waals surface area contributed by atoms with E-state index in [4.69, 9.17) is 9.47 Å². The lowest BCUT2D eigenvalue weighted by Gasteiger charge is -2.06. The van der Waals surface area contributed by atoms with Gasteiger partial charge in [-0.05, 0) is 48.9 Å². The molecular weight excluding hydrogens is 332 g/mol. The SMILES string of the molecule is CCCOC(=O)c1ccc(NC(=O)c2cc3ccc(OC)cc3[nH]2)cc1. The van der Waals surface area contributed by atoms with Crippen LogP contribution in [0.1, 0.15) is 34.2 Å². The van der Waals surface area contributed by atoms with Crippen LogP contribution in [-0.4, -0.2) is 30.6 Å². The Labute approximate surface area is 151 Å². The molecular formula is C20H20N2O4. The highest BCUT2D eigenvalue weighted by Gasteiger charge is 2.11. The number of aromatic nitrogens is 1. The van der Waals surface area contributed by atoms with Crippen molar-refractivity contribution in [2.45, 2.75) is 13.3 Å². The van der Waals surface area contributed by atoms with Gasteiger partial charge in [0.2, 0.25) is 0 Å². The molecule has 2 aromatic carbocycles. The van der Waals surface area contributed by atoms with Crippen molar-refractivity contribution in [1.29, 1.82) is 0 Å². The minimum atomic E-state index is -0.366. The lowest BCUT2D eigenvalue weighted by Crippen LogP contribution is -2.12. The molecule has 0 aliphatic carbocycles. The molecule has 0 saturated carbocycles. The van der Waals surface area contributed by atoms with Crippen molar-refractivity contribution in [1.82, 2.24) is 4.98 Å². The normalized spacial score (nSPS) is 10.5. The van der Waals surface area contributed by atoms with Gasteiger partial charge >= 0.3 is 5.97 Å². The van der Waals surface area contributed by atoms with Crippen LogP contribution >= 0.6 is 0 Å². The first kappa shape index (κ1) is 17.5. The highest BCUT2D eigenvalue weighted by Crippen LogP contribution is 2.22. The summed E-state index contributed by atoms with van der Waals surface area (Å²) in [6.07, 6.45) is 0.774. The zero-order chi connectivity index (χ0) is 18.5.